The fraction of sp³-hybridized carbons (Fsp3) is 0.222. The molecule has 20 heavy (non-hydrogen) atoms. The van der Waals surface area contributed by atoms with Gasteiger partial charge in [0.05, 0.1) is 0 Å². The lowest BCUT2D eigenvalue weighted by molar-refractivity contribution is -0.132. The van der Waals surface area contributed by atoms with Gasteiger partial charge in [0, 0.05) is 11.1 Å². The Morgan fingerprint density at radius 1 is 0.850 bits per heavy atom. The molecule has 2 heteroatoms. The van der Waals surface area contributed by atoms with E-state index in [4.69, 9.17) is 0 Å². The minimum Gasteiger partial charge on any atom is -0.285 e. The molecule has 0 fully saturated rings. The summed E-state index contributed by atoms with van der Waals surface area (Å²) < 4.78 is 0. The molecule has 1 aliphatic rings. The molecule has 0 unspecified atom stereocenters. The quantitative estimate of drug-likeness (QED) is 0.601. The number of carbonyl (C=O) groups is 2. The molecule has 1 aromatic carbocycles. The summed E-state index contributed by atoms with van der Waals surface area (Å²) in [4.78, 5) is 24.2. The molecule has 0 heterocycles. The van der Waals surface area contributed by atoms with E-state index in [1.165, 1.54) is 0 Å². The van der Waals surface area contributed by atoms with Crippen LogP contribution in [0.5, 0.6) is 0 Å². The third kappa shape index (κ3) is 2.42. The Kier molecular flexibility index (Phi) is 3.84. The van der Waals surface area contributed by atoms with E-state index in [0.29, 0.717) is 11.1 Å². The van der Waals surface area contributed by atoms with E-state index >= 15 is 0 Å². The van der Waals surface area contributed by atoms with Gasteiger partial charge in [-0.1, -0.05) is 36.4 Å². The van der Waals surface area contributed by atoms with Gasteiger partial charge in [0.1, 0.15) is 0 Å². The Balaban J connectivity index is 2.54. The molecule has 0 bridgehead atoms. The topological polar surface area (TPSA) is 34.1 Å². The van der Waals surface area contributed by atoms with Crippen molar-refractivity contribution in [2.45, 2.75) is 27.7 Å². The first-order valence-electron chi connectivity index (χ1n) is 6.65. The van der Waals surface area contributed by atoms with Gasteiger partial charge >= 0.3 is 0 Å². The van der Waals surface area contributed by atoms with Crippen molar-refractivity contribution >= 4 is 17.6 Å². The summed E-state index contributed by atoms with van der Waals surface area (Å²) in [6.45, 7) is 7.39. The van der Waals surface area contributed by atoms with Gasteiger partial charge in [0.15, 0.2) is 0 Å². The van der Waals surface area contributed by atoms with Crippen molar-refractivity contribution < 1.29 is 9.59 Å². The van der Waals surface area contributed by atoms with E-state index in [2.05, 4.69) is 0 Å². The maximum atomic E-state index is 12.2. The lowest BCUT2D eigenvalue weighted by Gasteiger charge is -2.19. The number of allylic oxidation sites excluding steroid dienone is 5. The van der Waals surface area contributed by atoms with Crippen LogP contribution in [0.2, 0.25) is 0 Å². The van der Waals surface area contributed by atoms with Crippen LogP contribution in [-0.2, 0) is 9.59 Å². The Bertz CT molecular complexity index is 671. The van der Waals surface area contributed by atoms with Crippen molar-refractivity contribution in [1.82, 2.24) is 0 Å². The van der Waals surface area contributed by atoms with E-state index in [-0.39, 0.29) is 5.78 Å². The highest BCUT2D eigenvalue weighted by atomic mass is 16.2. The van der Waals surface area contributed by atoms with Crippen molar-refractivity contribution in [2.75, 3.05) is 0 Å². The zero-order chi connectivity index (χ0) is 14.9. The first-order valence-corrected chi connectivity index (χ1v) is 6.65. The SMILES string of the molecule is CC(=Cc1ccccc1)C1=C(C)C(C)=C(C)C(=O)C1=O. The number of benzene rings is 1. The Hall–Kier alpha value is -2.22. The molecule has 1 aromatic rings. The molecular weight excluding hydrogens is 248 g/mol. The fourth-order valence-electron chi connectivity index (χ4n) is 2.44. The molecule has 1 aliphatic carbocycles. The highest BCUT2D eigenvalue weighted by molar-refractivity contribution is 6.51. The smallest absolute Gasteiger partial charge is 0.233 e. The number of rotatable bonds is 2. The average Bonchev–Trinajstić information content (AvgIpc) is 2.44. The molecule has 0 saturated carbocycles. The minimum atomic E-state index is -0.393. The second-order valence-corrected chi connectivity index (χ2v) is 5.15. The van der Waals surface area contributed by atoms with Crippen molar-refractivity contribution in [1.29, 1.82) is 0 Å². The second-order valence-electron chi connectivity index (χ2n) is 5.15. The van der Waals surface area contributed by atoms with Crippen LogP contribution in [0.15, 0.2) is 58.2 Å². The van der Waals surface area contributed by atoms with Crippen LogP contribution in [-0.4, -0.2) is 11.6 Å². The molecule has 102 valence electrons. The fourth-order valence-corrected chi connectivity index (χ4v) is 2.44. The normalized spacial score (nSPS) is 17.1. The lowest BCUT2D eigenvalue weighted by Crippen LogP contribution is -2.24. The van der Waals surface area contributed by atoms with Crippen molar-refractivity contribution in [3.8, 4) is 0 Å². The summed E-state index contributed by atoms with van der Waals surface area (Å²) in [5, 5.41) is 0. The number of ketones is 2. The molecule has 0 aliphatic heterocycles. The lowest BCUT2D eigenvalue weighted by atomic mass is 9.82. The monoisotopic (exact) mass is 266 g/mol. The summed E-state index contributed by atoms with van der Waals surface area (Å²) in [6, 6.07) is 9.79. The van der Waals surface area contributed by atoms with Gasteiger partial charge in [-0.15, -0.1) is 0 Å². The van der Waals surface area contributed by atoms with Crippen molar-refractivity contribution in [2.24, 2.45) is 0 Å². The van der Waals surface area contributed by atoms with E-state index in [1.807, 2.05) is 57.2 Å². The van der Waals surface area contributed by atoms with Crippen molar-refractivity contribution in [3.05, 3.63) is 63.8 Å². The summed E-state index contributed by atoms with van der Waals surface area (Å²) in [5.41, 5.74) is 4.77. The molecule has 0 atom stereocenters. The van der Waals surface area contributed by atoms with Crippen LogP contribution >= 0.6 is 0 Å². The minimum absolute atomic E-state index is 0.385. The highest BCUT2D eigenvalue weighted by Gasteiger charge is 2.29. The summed E-state index contributed by atoms with van der Waals surface area (Å²) >= 11 is 0. The van der Waals surface area contributed by atoms with Gasteiger partial charge in [-0.05, 0) is 50.0 Å². The van der Waals surface area contributed by atoms with E-state index < -0.39 is 5.78 Å². The summed E-state index contributed by atoms with van der Waals surface area (Å²) in [6.07, 6.45) is 1.94. The number of hydrogen-bond donors (Lipinski definition) is 0. The average molecular weight is 266 g/mol. The standard InChI is InChI=1S/C18H18O2/c1-11(10-15-8-6-5-7-9-15)16-13(3)12(2)14(4)17(19)18(16)20/h5-10H,1-4H3. The third-order valence-corrected chi connectivity index (χ3v) is 3.85. The molecule has 0 amide bonds. The predicted octanol–water partition coefficient (Wildman–Crippen LogP) is 3.89. The number of Topliss-reactive ketones (excluding diaryl/α,β-unsaturated/α-hetero) is 2. The van der Waals surface area contributed by atoms with E-state index in [0.717, 1.165) is 22.3 Å². The zero-order valence-electron chi connectivity index (χ0n) is 12.3. The van der Waals surface area contributed by atoms with E-state index in [9.17, 15) is 9.59 Å². The van der Waals surface area contributed by atoms with Crippen molar-refractivity contribution in [3.63, 3.8) is 0 Å². The predicted molar refractivity (Wildman–Crippen MR) is 81.2 cm³/mol. The van der Waals surface area contributed by atoms with Gasteiger partial charge in [-0.25, -0.2) is 0 Å². The van der Waals surface area contributed by atoms with Crippen LogP contribution in [0.1, 0.15) is 33.3 Å². The molecule has 0 radical (unpaired) electrons. The first-order chi connectivity index (χ1) is 9.43. The van der Waals surface area contributed by atoms with Crippen LogP contribution in [0, 0.1) is 0 Å². The Morgan fingerprint density at radius 2 is 1.45 bits per heavy atom. The maximum Gasteiger partial charge on any atom is 0.233 e. The molecule has 2 nitrogen and oxygen atoms in total. The van der Waals surface area contributed by atoms with Gasteiger partial charge in [-0.2, -0.15) is 0 Å². The van der Waals surface area contributed by atoms with Gasteiger partial charge in [0.25, 0.3) is 0 Å². The largest absolute Gasteiger partial charge is 0.285 e. The first kappa shape index (κ1) is 14.2. The Morgan fingerprint density at radius 3 is 2.05 bits per heavy atom. The number of hydrogen-bond acceptors (Lipinski definition) is 2. The summed E-state index contributed by atoms with van der Waals surface area (Å²) in [5.74, 6) is -0.779. The molecule has 2 rings (SSSR count). The molecular formula is C18H18O2. The zero-order valence-corrected chi connectivity index (χ0v) is 12.3. The van der Waals surface area contributed by atoms with Gasteiger partial charge < -0.3 is 0 Å². The summed E-state index contributed by atoms with van der Waals surface area (Å²) in [7, 11) is 0. The van der Waals surface area contributed by atoms with Gasteiger partial charge in [-0.3, -0.25) is 9.59 Å². The van der Waals surface area contributed by atoms with Crippen LogP contribution < -0.4 is 0 Å². The molecule has 0 aromatic heterocycles. The third-order valence-electron chi connectivity index (χ3n) is 3.85. The maximum absolute atomic E-state index is 12.2. The molecule has 0 N–H and O–H groups in total. The van der Waals surface area contributed by atoms with Crippen LogP contribution in [0.4, 0.5) is 0 Å². The molecule has 0 saturated heterocycles. The van der Waals surface area contributed by atoms with Gasteiger partial charge in [0.2, 0.25) is 11.6 Å². The van der Waals surface area contributed by atoms with E-state index in [1.54, 1.807) is 6.92 Å². The van der Waals surface area contributed by atoms with Crippen LogP contribution in [0.3, 0.4) is 0 Å². The van der Waals surface area contributed by atoms with Crippen LogP contribution in [0.25, 0.3) is 6.08 Å². The number of carbonyl (C=O) groups excluding carboxylic acids is 2. The molecule has 0 spiro atoms. The second kappa shape index (κ2) is 5.41. The Labute approximate surface area is 119 Å². The highest BCUT2D eigenvalue weighted by Crippen LogP contribution is 2.30.